The van der Waals surface area contributed by atoms with E-state index in [2.05, 4.69) is 28.5 Å². The Morgan fingerprint density at radius 2 is 2.05 bits per heavy atom. The molecule has 1 unspecified atom stereocenters. The molecule has 1 aliphatic rings. The van der Waals surface area contributed by atoms with Gasteiger partial charge in [0.2, 0.25) is 0 Å². The van der Waals surface area contributed by atoms with E-state index >= 15 is 0 Å². The topological polar surface area (TPSA) is 94.1 Å². The molecule has 1 aromatic heterocycles. The average molecular weight is 284 g/mol. The number of aryl methyl sites for hydroxylation is 1. The molecule has 0 spiro atoms. The highest BCUT2D eigenvalue weighted by atomic mass is 16.6. The molecule has 2 aromatic rings. The summed E-state index contributed by atoms with van der Waals surface area (Å²) in [6, 6.07) is 11.3. The van der Waals surface area contributed by atoms with Crippen molar-refractivity contribution >= 4 is 17.3 Å². The van der Waals surface area contributed by atoms with Gasteiger partial charge in [0.25, 0.3) is 5.69 Å². The summed E-state index contributed by atoms with van der Waals surface area (Å²) < 4.78 is 0. The van der Waals surface area contributed by atoms with Gasteiger partial charge in [-0.3, -0.25) is 10.1 Å². The predicted molar refractivity (Wildman–Crippen MR) is 81.2 cm³/mol. The fourth-order valence-electron chi connectivity index (χ4n) is 2.75. The number of nitrogens with one attached hydrogen (secondary N) is 1. The second-order valence-corrected chi connectivity index (χ2v) is 5.25. The number of anilines is 2. The number of pyridine rings is 1. The van der Waals surface area contributed by atoms with Crippen molar-refractivity contribution in [1.82, 2.24) is 4.98 Å². The number of fused-ring (bicyclic) bond motifs is 1. The van der Waals surface area contributed by atoms with E-state index in [1.807, 2.05) is 6.07 Å². The van der Waals surface area contributed by atoms with Gasteiger partial charge >= 0.3 is 0 Å². The molecule has 3 rings (SSSR count). The summed E-state index contributed by atoms with van der Waals surface area (Å²) in [4.78, 5) is 14.5. The van der Waals surface area contributed by atoms with E-state index in [1.165, 1.54) is 23.3 Å². The Kier molecular flexibility index (Phi) is 3.43. The zero-order chi connectivity index (χ0) is 14.8. The van der Waals surface area contributed by atoms with Crippen molar-refractivity contribution in [3.05, 3.63) is 57.6 Å². The molecule has 1 atom stereocenters. The van der Waals surface area contributed by atoms with Crippen LogP contribution in [-0.4, -0.2) is 15.9 Å². The van der Waals surface area contributed by atoms with Gasteiger partial charge in [-0.1, -0.05) is 24.3 Å². The summed E-state index contributed by atoms with van der Waals surface area (Å²) in [6.45, 7) is 0. The second-order valence-electron chi connectivity index (χ2n) is 5.25. The molecule has 6 nitrogen and oxygen atoms in total. The number of nitrogens with two attached hydrogens (primary N) is 1. The highest BCUT2D eigenvalue weighted by Crippen LogP contribution is 2.25. The summed E-state index contributed by atoms with van der Waals surface area (Å²) >= 11 is 0. The lowest BCUT2D eigenvalue weighted by molar-refractivity contribution is -0.384. The first kappa shape index (κ1) is 13.4. The van der Waals surface area contributed by atoms with Crippen molar-refractivity contribution in [2.24, 2.45) is 0 Å². The van der Waals surface area contributed by atoms with Gasteiger partial charge in [0.05, 0.1) is 17.1 Å². The zero-order valence-electron chi connectivity index (χ0n) is 11.5. The van der Waals surface area contributed by atoms with Crippen molar-refractivity contribution in [3.8, 4) is 0 Å². The van der Waals surface area contributed by atoms with E-state index in [4.69, 9.17) is 5.73 Å². The molecule has 1 heterocycles. The molecule has 0 amide bonds. The number of rotatable bonds is 3. The molecule has 0 saturated carbocycles. The maximum atomic E-state index is 10.9. The van der Waals surface area contributed by atoms with E-state index in [1.54, 1.807) is 0 Å². The van der Waals surface area contributed by atoms with Crippen LogP contribution in [0.2, 0.25) is 0 Å². The van der Waals surface area contributed by atoms with Crippen LogP contribution in [0.25, 0.3) is 0 Å². The SMILES string of the molecule is Nc1cc([N+](=O)[O-])cc(NC2CCc3ccccc3C2)n1. The molecule has 0 bridgehead atoms. The molecule has 0 radical (unpaired) electrons. The standard InChI is InChI=1S/C15H16N4O2/c16-14-8-13(19(20)21)9-15(18-14)17-12-6-5-10-3-1-2-4-11(10)7-12/h1-4,8-9,12H,5-7H2,(H3,16,17,18). The first-order valence-electron chi connectivity index (χ1n) is 6.87. The number of hydrogen-bond acceptors (Lipinski definition) is 5. The Morgan fingerprint density at radius 3 is 2.81 bits per heavy atom. The van der Waals surface area contributed by atoms with Crippen molar-refractivity contribution < 1.29 is 4.92 Å². The molecular formula is C15H16N4O2. The minimum Gasteiger partial charge on any atom is -0.383 e. The first-order valence-corrected chi connectivity index (χ1v) is 6.87. The number of aromatic nitrogens is 1. The van der Waals surface area contributed by atoms with Crippen LogP contribution >= 0.6 is 0 Å². The lowest BCUT2D eigenvalue weighted by atomic mass is 9.88. The van der Waals surface area contributed by atoms with E-state index in [9.17, 15) is 10.1 Å². The Bertz CT molecular complexity index is 687. The van der Waals surface area contributed by atoms with Crippen LogP contribution in [0.5, 0.6) is 0 Å². The van der Waals surface area contributed by atoms with Gasteiger partial charge in [-0.25, -0.2) is 4.98 Å². The lowest BCUT2D eigenvalue weighted by Crippen LogP contribution is -2.27. The number of hydrogen-bond donors (Lipinski definition) is 2. The minimum absolute atomic E-state index is 0.0405. The average Bonchev–Trinajstić information content (AvgIpc) is 2.46. The maximum Gasteiger partial charge on any atom is 0.276 e. The number of nitro groups is 1. The fourth-order valence-corrected chi connectivity index (χ4v) is 2.75. The molecule has 108 valence electrons. The predicted octanol–water partition coefficient (Wildman–Crippen LogP) is 2.54. The van der Waals surface area contributed by atoms with E-state index < -0.39 is 4.92 Å². The largest absolute Gasteiger partial charge is 0.383 e. The molecule has 0 saturated heterocycles. The van der Waals surface area contributed by atoms with Gasteiger partial charge in [0.1, 0.15) is 11.6 Å². The molecule has 1 aliphatic carbocycles. The lowest BCUT2D eigenvalue weighted by Gasteiger charge is -2.25. The zero-order valence-corrected chi connectivity index (χ0v) is 11.5. The van der Waals surface area contributed by atoms with Crippen molar-refractivity contribution in [1.29, 1.82) is 0 Å². The molecular weight excluding hydrogens is 268 g/mol. The van der Waals surface area contributed by atoms with Gasteiger partial charge in [0, 0.05) is 6.04 Å². The van der Waals surface area contributed by atoms with Crippen LogP contribution in [0.15, 0.2) is 36.4 Å². The Morgan fingerprint density at radius 1 is 1.29 bits per heavy atom. The highest BCUT2D eigenvalue weighted by Gasteiger charge is 2.19. The van der Waals surface area contributed by atoms with Crippen LogP contribution < -0.4 is 11.1 Å². The summed E-state index contributed by atoms with van der Waals surface area (Å²) in [7, 11) is 0. The summed E-state index contributed by atoms with van der Waals surface area (Å²) in [5.41, 5.74) is 8.28. The molecule has 3 N–H and O–H groups in total. The fraction of sp³-hybridized carbons (Fsp3) is 0.267. The quantitative estimate of drug-likeness (QED) is 0.667. The van der Waals surface area contributed by atoms with E-state index in [-0.39, 0.29) is 17.5 Å². The van der Waals surface area contributed by atoms with Crippen LogP contribution in [0.4, 0.5) is 17.3 Å². The summed E-state index contributed by atoms with van der Waals surface area (Å²) in [5, 5.41) is 14.1. The maximum absolute atomic E-state index is 10.9. The van der Waals surface area contributed by atoms with Crippen molar-refractivity contribution in [2.75, 3.05) is 11.1 Å². The molecule has 6 heteroatoms. The second kappa shape index (κ2) is 5.40. The third-order valence-electron chi connectivity index (χ3n) is 3.74. The molecule has 1 aromatic carbocycles. The van der Waals surface area contributed by atoms with Gasteiger partial charge in [-0.2, -0.15) is 0 Å². The Hall–Kier alpha value is -2.63. The van der Waals surface area contributed by atoms with Crippen molar-refractivity contribution in [2.45, 2.75) is 25.3 Å². The monoisotopic (exact) mass is 284 g/mol. The third-order valence-corrected chi connectivity index (χ3v) is 3.74. The minimum atomic E-state index is -0.459. The number of nitrogens with zero attached hydrogens (tertiary/aromatic N) is 2. The van der Waals surface area contributed by atoms with Crippen LogP contribution in [-0.2, 0) is 12.8 Å². The Labute approximate surface area is 122 Å². The first-order chi connectivity index (χ1) is 10.1. The van der Waals surface area contributed by atoms with E-state index in [0.717, 1.165) is 19.3 Å². The summed E-state index contributed by atoms with van der Waals surface area (Å²) in [5.74, 6) is 0.619. The molecule has 0 fully saturated rings. The molecule has 21 heavy (non-hydrogen) atoms. The van der Waals surface area contributed by atoms with E-state index in [0.29, 0.717) is 5.82 Å². The van der Waals surface area contributed by atoms with Gasteiger partial charge in [0.15, 0.2) is 0 Å². The normalized spacial score (nSPS) is 17.0. The van der Waals surface area contributed by atoms with Gasteiger partial charge in [-0.05, 0) is 30.4 Å². The van der Waals surface area contributed by atoms with Gasteiger partial charge < -0.3 is 11.1 Å². The van der Waals surface area contributed by atoms with Crippen LogP contribution in [0, 0.1) is 10.1 Å². The molecule has 0 aliphatic heterocycles. The van der Waals surface area contributed by atoms with Crippen molar-refractivity contribution in [3.63, 3.8) is 0 Å². The number of nitrogen functional groups attached to an aromatic ring is 1. The van der Waals surface area contributed by atoms with Crippen LogP contribution in [0.1, 0.15) is 17.5 Å². The number of benzene rings is 1. The third kappa shape index (κ3) is 2.94. The van der Waals surface area contributed by atoms with Gasteiger partial charge in [-0.15, -0.1) is 0 Å². The summed E-state index contributed by atoms with van der Waals surface area (Å²) in [6.07, 6.45) is 2.86. The highest BCUT2D eigenvalue weighted by molar-refractivity contribution is 5.53. The smallest absolute Gasteiger partial charge is 0.276 e. The Balaban J connectivity index is 1.78. The van der Waals surface area contributed by atoms with Crippen LogP contribution in [0.3, 0.4) is 0 Å².